The van der Waals surface area contributed by atoms with E-state index < -0.39 is 0 Å². The predicted molar refractivity (Wildman–Crippen MR) is 86.8 cm³/mol. The van der Waals surface area contributed by atoms with Gasteiger partial charge >= 0.3 is 0 Å². The maximum absolute atomic E-state index is 12.1. The van der Waals surface area contributed by atoms with E-state index in [2.05, 4.69) is 26.4 Å². The summed E-state index contributed by atoms with van der Waals surface area (Å²) in [6.45, 7) is 4.99. The van der Waals surface area contributed by atoms with Gasteiger partial charge in [-0.1, -0.05) is 11.2 Å². The lowest BCUT2D eigenvalue weighted by Gasteiger charge is -2.22. The first kappa shape index (κ1) is 16.2. The zero-order chi connectivity index (χ0) is 16.3. The number of rotatable bonds is 4. The van der Waals surface area contributed by atoms with Gasteiger partial charge in [-0.25, -0.2) is 0 Å². The molecule has 0 unspecified atom stereocenters. The predicted octanol–water partition coefficient (Wildman–Crippen LogP) is 3.05. The fourth-order valence-corrected chi connectivity index (χ4v) is 2.66. The summed E-state index contributed by atoms with van der Waals surface area (Å²) in [4.78, 5) is 25.3. The van der Waals surface area contributed by atoms with E-state index in [1.807, 2.05) is 19.1 Å². The highest BCUT2D eigenvalue weighted by Crippen LogP contribution is 2.27. The number of anilines is 2. The van der Waals surface area contributed by atoms with Crippen LogP contribution >= 0.6 is 15.9 Å². The molecule has 1 aromatic heterocycles. The van der Waals surface area contributed by atoms with E-state index in [4.69, 9.17) is 4.52 Å². The molecule has 1 aromatic carbocycles. The molecule has 7 heteroatoms. The van der Waals surface area contributed by atoms with Crippen molar-refractivity contribution in [3.05, 3.63) is 40.1 Å². The Morgan fingerprint density at radius 2 is 2.05 bits per heavy atom. The summed E-state index contributed by atoms with van der Waals surface area (Å²) < 4.78 is 5.64. The molecule has 22 heavy (non-hydrogen) atoms. The lowest BCUT2D eigenvalue weighted by atomic mass is 10.2. The van der Waals surface area contributed by atoms with Crippen LogP contribution in [-0.4, -0.2) is 23.5 Å². The molecule has 0 spiro atoms. The van der Waals surface area contributed by atoms with Crippen molar-refractivity contribution in [1.29, 1.82) is 0 Å². The monoisotopic (exact) mass is 365 g/mol. The highest BCUT2D eigenvalue weighted by molar-refractivity contribution is 9.10. The number of carbonyl (C=O) groups is 2. The molecule has 116 valence electrons. The normalized spacial score (nSPS) is 10.4. The van der Waals surface area contributed by atoms with Gasteiger partial charge < -0.3 is 14.7 Å². The molecule has 0 saturated carbocycles. The van der Waals surface area contributed by atoms with Gasteiger partial charge in [-0.2, -0.15) is 0 Å². The van der Waals surface area contributed by atoms with Crippen LogP contribution in [0.1, 0.15) is 18.2 Å². The van der Waals surface area contributed by atoms with Gasteiger partial charge in [0.25, 0.3) is 0 Å². The zero-order valence-electron chi connectivity index (χ0n) is 12.5. The molecule has 0 bridgehead atoms. The van der Waals surface area contributed by atoms with E-state index in [0.29, 0.717) is 17.3 Å². The number of hydrogen-bond acceptors (Lipinski definition) is 4. The van der Waals surface area contributed by atoms with Crippen LogP contribution in [0.15, 0.2) is 33.3 Å². The highest BCUT2D eigenvalue weighted by atomic mass is 79.9. The number of nitrogens with one attached hydrogen (secondary N) is 1. The van der Waals surface area contributed by atoms with Crippen LogP contribution in [-0.2, 0) is 9.59 Å². The minimum atomic E-state index is -0.351. The van der Waals surface area contributed by atoms with Crippen molar-refractivity contribution in [2.45, 2.75) is 20.8 Å². The standard InChI is InChI=1S/C15H16BrN3O3/c1-9-4-5-13(12(16)6-9)19(11(3)20)8-15(21)17-14-7-10(2)22-18-14/h4-7H,8H2,1-3H3,(H,17,18,21). The molecule has 0 aliphatic carbocycles. The van der Waals surface area contributed by atoms with Crippen molar-refractivity contribution >= 4 is 39.2 Å². The Hall–Kier alpha value is -2.15. The van der Waals surface area contributed by atoms with Gasteiger partial charge in [-0.3, -0.25) is 9.59 Å². The molecule has 2 amide bonds. The number of aromatic nitrogens is 1. The molecule has 0 aliphatic heterocycles. The molecule has 6 nitrogen and oxygen atoms in total. The maximum Gasteiger partial charge on any atom is 0.245 e. The molecule has 0 atom stereocenters. The van der Waals surface area contributed by atoms with Gasteiger partial charge in [0.05, 0.1) is 5.69 Å². The van der Waals surface area contributed by atoms with Crippen LogP contribution in [0.3, 0.4) is 0 Å². The Kier molecular flexibility index (Phi) is 4.97. The van der Waals surface area contributed by atoms with Crippen LogP contribution < -0.4 is 10.2 Å². The van der Waals surface area contributed by atoms with E-state index in [0.717, 1.165) is 10.0 Å². The SMILES string of the molecule is CC(=O)N(CC(=O)Nc1cc(C)on1)c1ccc(C)cc1Br. The molecule has 2 rings (SSSR count). The van der Waals surface area contributed by atoms with Crippen molar-refractivity contribution in [2.75, 3.05) is 16.8 Å². The number of nitrogens with zero attached hydrogens (tertiary/aromatic N) is 2. The Morgan fingerprint density at radius 3 is 2.59 bits per heavy atom. The summed E-state index contributed by atoms with van der Waals surface area (Å²) in [5.74, 6) is 0.348. The summed E-state index contributed by atoms with van der Waals surface area (Å²) in [6.07, 6.45) is 0. The van der Waals surface area contributed by atoms with Crippen LogP contribution in [0.4, 0.5) is 11.5 Å². The summed E-state index contributed by atoms with van der Waals surface area (Å²) >= 11 is 3.42. The molecule has 2 aromatic rings. The third-order valence-electron chi connectivity index (χ3n) is 2.97. The number of halogens is 1. The number of aryl methyl sites for hydroxylation is 2. The lowest BCUT2D eigenvalue weighted by molar-refractivity contribution is -0.120. The van der Waals surface area contributed by atoms with Crippen molar-refractivity contribution in [3.8, 4) is 0 Å². The molecule has 1 N–H and O–H groups in total. The average Bonchev–Trinajstić information content (AvgIpc) is 2.82. The quantitative estimate of drug-likeness (QED) is 0.903. The number of benzene rings is 1. The third kappa shape index (κ3) is 3.94. The minimum Gasteiger partial charge on any atom is -0.360 e. The van der Waals surface area contributed by atoms with Crippen LogP contribution in [0, 0.1) is 13.8 Å². The van der Waals surface area contributed by atoms with E-state index in [9.17, 15) is 9.59 Å². The van der Waals surface area contributed by atoms with Gasteiger partial charge in [0, 0.05) is 17.5 Å². The largest absolute Gasteiger partial charge is 0.360 e. The summed E-state index contributed by atoms with van der Waals surface area (Å²) in [5, 5.41) is 6.29. The second-order valence-electron chi connectivity index (χ2n) is 4.93. The van der Waals surface area contributed by atoms with Crippen molar-refractivity contribution in [2.24, 2.45) is 0 Å². The first-order valence-corrected chi connectivity index (χ1v) is 7.43. The Balaban J connectivity index is 2.15. The van der Waals surface area contributed by atoms with Crippen molar-refractivity contribution in [3.63, 3.8) is 0 Å². The fraction of sp³-hybridized carbons (Fsp3) is 0.267. The van der Waals surface area contributed by atoms with Crippen molar-refractivity contribution < 1.29 is 14.1 Å². The molecule has 0 aliphatic rings. The maximum atomic E-state index is 12.1. The Labute approximate surface area is 136 Å². The van der Waals surface area contributed by atoms with E-state index in [1.54, 1.807) is 19.1 Å². The van der Waals surface area contributed by atoms with Crippen LogP contribution in [0.2, 0.25) is 0 Å². The first-order chi connectivity index (χ1) is 10.4. The first-order valence-electron chi connectivity index (χ1n) is 6.64. The molecule has 0 radical (unpaired) electrons. The van der Waals surface area contributed by atoms with E-state index in [1.165, 1.54) is 11.8 Å². The zero-order valence-corrected chi connectivity index (χ0v) is 14.1. The van der Waals surface area contributed by atoms with Gasteiger partial charge in [0.15, 0.2) is 5.82 Å². The highest BCUT2D eigenvalue weighted by Gasteiger charge is 2.19. The average molecular weight is 366 g/mol. The minimum absolute atomic E-state index is 0.108. The van der Waals surface area contributed by atoms with Crippen LogP contribution in [0.5, 0.6) is 0 Å². The lowest BCUT2D eigenvalue weighted by Crippen LogP contribution is -2.37. The van der Waals surface area contributed by atoms with Crippen molar-refractivity contribution in [1.82, 2.24) is 5.16 Å². The second kappa shape index (κ2) is 6.74. The summed E-state index contributed by atoms with van der Waals surface area (Å²) in [7, 11) is 0. The summed E-state index contributed by atoms with van der Waals surface area (Å²) in [5.41, 5.74) is 1.70. The van der Waals surface area contributed by atoms with Crippen LogP contribution in [0.25, 0.3) is 0 Å². The third-order valence-corrected chi connectivity index (χ3v) is 3.61. The molecule has 0 saturated heterocycles. The summed E-state index contributed by atoms with van der Waals surface area (Å²) in [6, 6.07) is 7.19. The topological polar surface area (TPSA) is 75.4 Å². The number of amides is 2. The van der Waals surface area contributed by atoms with E-state index >= 15 is 0 Å². The van der Waals surface area contributed by atoms with Gasteiger partial charge in [0.2, 0.25) is 11.8 Å². The molecule has 0 fully saturated rings. The molecule has 1 heterocycles. The van der Waals surface area contributed by atoms with Gasteiger partial charge in [-0.05, 0) is 47.5 Å². The Morgan fingerprint density at radius 1 is 1.32 bits per heavy atom. The second-order valence-corrected chi connectivity index (χ2v) is 5.79. The van der Waals surface area contributed by atoms with Gasteiger partial charge in [-0.15, -0.1) is 0 Å². The smallest absolute Gasteiger partial charge is 0.245 e. The fourth-order valence-electron chi connectivity index (χ4n) is 1.95. The molecular formula is C15H16BrN3O3. The Bertz CT molecular complexity index is 712. The molecular weight excluding hydrogens is 350 g/mol. The van der Waals surface area contributed by atoms with E-state index in [-0.39, 0.29) is 18.4 Å². The number of hydrogen-bond donors (Lipinski definition) is 1. The number of carbonyl (C=O) groups excluding carboxylic acids is 2. The van der Waals surface area contributed by atoms with Gasteiger partial charge in [0.1, 0.15) is 12.3 Å².